The number of aliphatic imine (C=N–C) groups is 1. The summed E-state index contributed by atoms with van der Waals surface area (Å²) >= 11 is 0. The topological polar surface area (TPSA) is 12.4 Å². The van der Waals surface area contributed by atoms with Gasteiger partial charge in [-0.15, -0.1) is 0 Å². The molecule has 1 atom stereocenters. The maximum absolute atomic E-state index is 4.75. The van der Waals surface area contributed by atoms with Crippen LogP contribution in [0.15, 0.2) is 17.6 Å². The number of nitrogens with zero attached hydrogens (tertiary/aromatic N) is 1. The van der Waals surface area contributed by atoms with Crippen LogP contribution in [-0.2, 0) is 0 Å². The van der Waals surface area contributed by atoms with Crippen molar-refractivity contribution < 1.29 is 0 Å². The highest BCUT2D eigenvalue weighted by Gasteiger charge is 2.17. The van der Waals surface area contributed by atoms with E-state index in [4.69, 9.17) is 4.99 Å². The van der Waals surface area contributed by atoms with Crippen LogP contribution in [0, 0.1) is 5.92 Å². The predicted octanol–water partition coefficient (Wildman–Crippen LogP) is 6.68. The molecular weight excluding hydrogens is 230 g/mol. The number of hydrogen-bond acceptors (Lipinski definition) is 1. The van der Waals surface area contributed by atoms with Crippen molar-refractivity contribution in [1.82, 2.24) is 0 Å². The van der Waals surface area contributed by atoms with Gasteiger partial charge in [-0.05, 0) is 38.2 Å². The fraction of sp³-hybridized carbons (Fsp3) is 0.833. The van der Waals surface area contributed by atoms with Crippen molar-refractivity contribution >= 4 is 5.71 Å². The van der Waals surface area contributed by atoms with Crippen LogP contribution in [0.1, 0.15) is 87.5 Å². The Morgan fingerprint density at radius 1 is 1.00 bits per heavy atom. The summed E-state index contributed by atoms with van der Waals surface area (Å²) < 4.78 is 0. The Morgan fingerprint density at radius 3 is 1.68 bits per heavy atom. The first-order valence-electron chi connectivity index (χ1n) is 8.36. The summed E-state index contributed by atoms with van der Waals surface area (Å²) in [4.78, 5) is 4.75. The molecular formula is C18H39N. The fourth-order valence-electron chi connectivity index (χ4n) is 2.11. The third kappa shape index (κ3) is 13.6. The Hall–Kier alpha value is -0.590. The summed E-state index contributed by atoms with van der Waals surface area (Å²) in [7, 11) is 0. The van der Waals surface area contributed by atoms with Crippen LogP contribution in [0.5, 0.6) is 0 Å². The lowest BCUT2D eigenvalue weighted by Crippen LogP contribution is -2.19. The maximum atomic E-state index is 4.75. The van der Waals surface area contributed by atoms with Crippen molar-refractivity contribution in [3.8, 4) is 0 Å². The molecule has 1 unspecified atom stereocenters. The minimum atomic E-state index is 0.503. The molecule has 19 heavy (non-hydrogen) atoms. The lowest BCUT2D eigenvalue weighted by molar-refractivity contribution is 0.357. The quantitative estimate of drug-likeness (QED) is 0.436. The summed E-state index contributed by atoms with van der Waals surface area (Å²) in [5.74, 6) is 0.764. The molecule has 0 bridgehead atoms. The van der Waals surface area contributed by atoms with Crippen molar-refractivity contribution in [1.29, 1.82) is 0 Å². The van der Waals surface area contributed by atoms with Gasteiger partial charge in [-0.3, -0.25) is 4.99 Å². The first-order chi connectivity index (χ1) is 9.19. The zero-order valence-corrected chi connectivity index (χ0v) is 14.9. The zero-order chi connectivity index (χ0) is 15.7. The molecule has 0 radical (unpaired) electrons. The molecule has 0 saturated carbocycles. The molecule has 1 nitrogen and oxygen atoms in total. The first kappa shape index (κ1) is 23.5. The first-order valence-corrected chi connectivity index (χ1v) is 8.36. The third-order valence-corrected chi connectivity index (χ3v) is 2.95. The molecule has 0 saturated heterocycles. The van der Waals surface area contributed by atoms with E-state index in [0.717, 1.165) is 18.1 Å². The highest BCUT2D eigenvalue weighted by Crippen LogP contribution is 2.22. The van der Waals surface area contributed by atoms with Crippen LogP contribution in [0.4, 0.5) is 0 Å². The van der Waals surface area contributed by atoms with Gasteiger partial charge >= 0.3 is 0 Å². The zero-order valence-electron chi connectivity index (χ0n) is 14.9. The lowest BCUT2D eigenvalue weighted by atomic mass is 9.89. The van der Waals surface area contributed by atoms with Crippen molar-refractivity contribution in [3.05, 3.63) is 12.7 Å². The minimum absolute atomic E-state index is 0.503. The molecule has 116 valence electrons. The van der Waals surface area contributed by atoms with E-state index in [2.05, 4.69) is 27.4 Å². The van der Waals surface area contributed by atoms with Crippen molar-refractivity contribution in [2.24, 2.45) is 10.9 Å². The van der Waals surface area contributed by atoms with E-state index in [1.807, 2.05) is 40.7 Å². The molecule has 0 spiro atoms. The highest BCUT2D eigenvalue weighted by molar-refractivity contribution is 5.92. The Morgan fingerprint density at radius 2 is 1.42 bits per heavy atom. The minimum Gasteiger partial charge on any atom is -0.286 e. The summed E-state index contributed by atoms with van der Waals surface area (Å²) in [6, 6.07) is 0.503. The summed E-state index contributed by atoms with van der Waals surface area (Å²) in [5, 5.41) is 0. The van der Waals surface area contributed by atoms with E-state index < -0.39 is 0 Å². The highest BCUT2D eigenvalue weighted by atomic mass is 14.8. The molecule has 0 aliphatic carbocycles. The van der Waals surface area contributed by atoms with Crippen molar-refractivity contribution in [2.75, 3.05) is 0 Å². The van der Waals surface area contributed by atoms with Gasteiger partial charge in [0.1, 0.15) is 0 Å². The molecule has 0 rings (SSSR count). The van der Waals surface area contributed by atoms with Gasteiger partial charge in [0.05, 0.1) is 6.04 Å². The molecule has 0 N–H and O–H groups in total. The monoisotopic (exact) mass is 269 g/mol. The van der Waals surface area contributed by atoms with Gasteiger partial charge in [0, 0.05) is 5.71 Å². The second-order valence-electron chi connectivity index (χ2n) is 4.29. The Labute approximate surface area is 123 Å². The third-order valence-electron chi connectivity index (χ3n) is 2.95. The Balaban J connectivity index is -0.000000579. The second-order valence-corrected chi connectivity index (χ2v) is 4.29. The molecule has 0 aromatic carbocycles. The van der Waals surface area contributed by atoms with E-state index in [-0.39, 0.29) is 0 Å². The van der Waals surface area contributed by atoms with E-state index in [1.165, 1.54) is 25.7 Å². The van der Waals surface area contributed by atoms with Crippen LogP contribution < -0.4 is 0 Å². The molecule has 0 aliphatic rings. The molecule has 0 amide bonds. The van der Waals surface area contributed by atoms with Gasteiger partial charge in [0.15, 0.2) is 0 Å². The van der Waals surface area contributed by atoms with Gasteiger partial charge in [0.2, 0.25) is 0 Å². The van der Waals surface area contributed by atoms with Crippen LogP contribution in [0.3, 0.4) is 0 Å². The molecule has 0 heterocycles. The molecule has 0 aromatic heterocycles. The average Bonchev–Trinajstić information content (AvgIpc) is 2.48. The van der Waals surface area contributed by atoms with E-state index in [1.54, 1.807) is 0 Å². The van der Waals surface area contributed by atoms with E-state index >= 15 is 0 Å². The van der Waals surface area contributed by atoms with Crippen molar-refractivity contribution in [2.45, 2.75) is 93.5 Å². The fourth-order valence-corrected chi connectivity index (χ4v) is 2.11. The van der Waals surface area contributed by atoms with Crippen LogP contribution in [-0.4, -0.2) is 11.8 Å². The smallest absolute Gasteiger partial charge is 0.0528 e. The maximum Gasteiger partial charge on any atom is 0.0528 e. The van der Waals surface area contributed by atoms with Gasteiger partial charge < -0.3 is 0 Å². The summed E-state index contributed by atoms with van der Waals surface area (Å²) in [6.45, 7) is 20.6. The van der Waals surface area contributed by atoms with Gasteiger partial charge in [-0.2, -0.15) is 0 Å². The lowest BCUT2D eigenvalue weighted by Gasteiger charge is -2.22. The Kier molecular flexibility index (Phi) is 24.4. The van der Waals surface area contributed by atoms with Gasteiger partial charge in [-0.25, -0.2) is 0 Å². The van der Waals surface area contributed by atoms with Gasteiger partial charge in [-0.1, -0.05) is 67.9 Å². The average molecular weight is 270 g/mol. The summed E-state index contributed by atoms with van der Waals surface area (Å²) in [6.07, 6.45) is 8.15. The molecule has 1 heteroatoms. The molecule has 0 aromatic rings. The Bertz CT molecular complexity index is 188. The number of hydrogen-bond donors (Lipinski definition) is 0. The summed E-state index contributed by atoms with van der Waals surface area (Å²) in [5.41, 5.74) is 1.08. The largest absolute Gasteiger partial charge is 0.286 e. The van der Waals surface area contributed by atoms with E-state index in [0.29, 0.717) is 6.04 Å². The number of allylic oxidation sites excluding steroid dienone is 1. The van der Waals surface area contributed by atoms with E-state index in [9.17, 15) is 0 Å². The SMILES string of the molecule is C=CC(C)=NC(CC)C(CCC)CCC.CC.CC. The standard InChI is InChI=1S/C14H27N.2C2H6/c1-6-10-13(11-7-2)14(9-4)15-12(5)8-3;2*1-2/h8,13-14H,3,6-7,9-11H2,1-2,4-5H3;2*1-2H3. The van der Waals surface area contributed by atoms with Crippen LogP contribution >= 0.6 is 0 Å². The predicted molar refractivity (Wildman–Crippen MR) is 93.4 cm³/mol. The van der Waals surface area contributed by atoms with Gasteiger partial charge in [0.25, 0.3) is 0 Å². The van der Waals surface area contributed by atoms with Crippen LogP contribution in [0.25, 0.3) is 0 Å². The van der Waals surface area contributed by atoms with Crippen molar-refractivity contribution in [3.63, 3.8) is 0 Å². The second kappa shape index (κ2) is 19.7. The number of rotatable bonds is 8. The van der Waals surface area contributed by atoms with Crippen LogP contribution in [0.2, 0.25) is 0 Å². The molecule has 0 aliphatic heterocycles. The molecule has 0 fully saturated rings. The normalized spacial score (nSPS) is 11.9.